The fourth-order valence-corrected chi connectivity index (χ4v) is 2.08. The first-order chi connectivity index (χ1) is 9.22. The topological polar surface area (TPSA) is 55.1 Å². The third-order valence-electron chi connectivity index (χ3n) is 3.04. The zero-order chi connectivity index (χ0) is 13.2. The smallest absolute Gasteiger partial charge is 0.338 e. The van der Waals surface area contributed by atoms with Gasteiger partial charge in [0.25, 0.3) is 0 Å². The van der Waals surface area contributed by atoms with E-state index in [4.69, 9.17) is 5.11 Å². The molecule has 0 saturated carbocycles. The maximum absolute atomic E-state index is 10.8. The molecule has 0 fully saturated rings. The van der Waals surface area contributed by atoms with Gasteiger partial charge in [-0.3, -0.25) is 4.68 Å². The monoisotopic (exact) mass is 252 g/mol. The molecule has 0 radical (unpaired) electrons. The van der Waals surface area contributed by atoms with E-state index in [2.05, 4.69) is 29.4 Å². The van der Waals surface area contributed by atoms with Crippen LogP contribution in [-0.4, -0.2) is 20.9 Å². The van der Waals surface area contributed by atoms with E-state index in [9.17, 15) is 4.79 Å². The summed E-state index contributed by atoms with van der Waals surface area (Å²) in [7, 11) is 0. The zero-order valence-corrected chi connectivity index (χ0v) is 10.2. The van der Waals surface area contributed by atoms with Crippen LogP contribution in [0.25, 0.3) is 10.8 Å². The predicted molar refractivity (Wildman–Crippen MR) is 72.2 cm³/mol. The molecule has 1 N–H and O–H groups in total. The van der Waals surface area contributed by atoms with E-state index in [-0.39, 0.29) is 5.56 Å². The molecule has 0 aliphatic rings. The number of aromatic carboxylic acids is 1. The Morgan fingerprint density at radius 2 is 1.95 bits per heavy atom. The molecule has 1 heterocycles. The number of aromatic nitrogens is 2. The molecule has 3 aromatic rings. The number of benzene rings is 2. The number of carboxylic acid groups (broad SMARTS) is 1. The van der Waals surface area contributed by atoms with Gasteiger partial charge in [-0.25, -0.2) is 4.79 Å². The molecular formula is C15H12N2O2. The predicted octanol–water partition coefficient (Wildman–Crippen LogP) is 2.78. The summed E-state index contributed by atoms with van der Waals surface area (Å²) in [5, 5.41) is 15.3. The SMILES string of the molecule is O=C(O)c1cnn(Cc2ccc3ccccc3c2)c1. The lowest BCUT2D eigenvalue weighted by atomic mass is 10.1. The van der Waals surface area contributed by atoms with Crippen molar-refractivity contribution in [1.82, 2.24) is 9.78 Å². The average Bonchev–Trinajstić information content (AvgIpc) is 2.87. The van der Waals surface area contributed by atoms with Crippen molar-refractivity contribution in [1.29, 1.82) is 0 Å². The quantitative estimate of drug-likeness (QED) is 0.779. The largest absolute Gasteiger partial charge is 0.478 e. The van der Waals surface area contributed by atoms with Gasteiger partial charge in [-0.15, -0.1) is 0 Å². The normalized spacial score (nSPS) is 10.7. The van der Waals surface area contributed by atoms with Crippen molar-refractivity contribution >= 4 is 16.7 Å². The van der Waals surface area contributed by atoms with Crippen molar-refractivity contribution in [2.24, 2.45) is 0 Å². The molecule has 19 heavy (non-hydrogen) atoms. The van der Waals surface area contributed by atoms with Crippen LogP contribution in [0, 0.1) is 0 Å². The van der Waals surface area contributed by atoms with Gasteiger partial charge in [0.05, 0.1) is 18.3 Å². The van der Waals surface area contributed by atoms with Crippen LogP contribution in [0.4, 0.5) is 0 Å². The highest BCUT2D eigenvalue weighted by Crippen LogP contribution is 2.16. The van der Waals surface area contributed by atoms with Gasteiger partial charge in [0.1, 0.15) is 0 Å². The molecule has 0 aliphatic heterocycles. The molecule has 2 aromatic carbocycles. The Morgan fingerprint density at radius 3 is 2.68 bits per heavy atom. The van der Waals surface area contributed by atoms with Gasteiger partial charge in [-0.1, -0.05) is 36.4 Å². The maximum atomic E-state index is 10.8. The number of hydrogen-bond acceptors (Lipinski definition) is 2. The number of nitrogens with zero attached hydrogens (tertiary/aromatic N) is 2. The van der Waals surface area contributed by atoms with Crippen molar-refractivity contribution in [2.75, 3.05) is 0 Å². The van der Waals surface area contributed by atoms with Gasteiger partial charge in [0.2, 0.25) is 0 Å². The Kier molecular flexibility index (Phi) is 2.76. The first kappa shape index (κ1) is 11.5. The standard InChI is InChI=1S/C15H12N2O2/c18-15(19)14-8-16-17(10-14)9-11-5-6-12-3-1-2-4-13(12)7-11/h1-8,10H,9H2,(H,18,19). The van der Waals surface area contributed by atoms with Crippen LogP contribution in [0.2, 0.25) is 0 Å². The second-order valence-electron chi connectivity index (χ2n) is 4.41. The minimum Gasteiger partial charge on any atom is -0.478 e. The van der Waals surface area contributed by atoms with E-state index in [0.717, 1.165) is 5.56 Å². The molecule has 3 rings (SSSR count). The summed E-state index contributed by atoms with van der Waals surface area (Å²) in [5.41, 5.74) is 1.31. The second kappa shape index (κ2) is 4.57. The number of carbonyl (C=O) groups is 1. The molecule has 0 unspecified atom stereocenters. The fraction of sp³-hybridized carbons (Fsp3) is 0.0667. The number of fused-ring (bicyclic) bond motifs is 1. The molecule has 1 aromatic heterocycles. The van der Waals surface area contributed by atoms with Gasteiger partial charge in [0, 0.05) is 6.20 Å². The van der Waals surface area contributed by atoms with Crippen molar-refractivity contribution < 1.29 is 9.90 Å². The van der Waals surface area contributed by atoms with E-state index in [0.29, 0.717) is 6.54 Å². The minimum absolute atomic E-state index is 0.209. The Balaban J connectivity index is 1.89. The number of hydrogen-bond donors (Lipinski definition) is 1. The lowest BCUT2D eigenvalue weighted by Gasteiger charge is -2.04. The molecule has 0 aliphatic carbocycles. The van der Waals surface area contributed by atoms with Gasteiger partial charge < -0.3 is 5.11 Å². The first-order valence-electron chi connectivity index (χ1n) is 5.96. The van der Waals surface area contributed by atoms with Crippen LogP contribution in [0.5, 0.6) is 0 Å². The number of rotatable bonds is 3. The molecular weight excluding hydrogens is 240 g/mol. The van der Waals surface area contributed by atoms with Crippen LogP contribution in [-0.2, 0) is 6.54 Å². The highest BCUT2D eigenvalue weighted by Gasteiger charge is 2.06. The van der Waals surface area contributed by atoms with Crippen LogP contribution in [0.15, 0.2) is 54.9 Å². The van der Waals surface area contributed by atoms with Crippen LogP contribution in [0.3, 0.4) is 0 Å². The second-order valence-corrected chi connectivity index (χ2v) is 4.41. The Hall–Kier alpha value is -2.62. The van der Waals surface area contributed by atoms with Crippen molar-refractivity contribution in [3.05, 3.63) is 66.0 Å². The summed E-state index contributed by atoms with van der Waals surface area (Å²) in [6, 6.07) is 14.3. The van der Waals surface area contributed by atoms with E-state index >= 15 is 0 Å². The fourth-order valence-electron chi connectivity index (χ4n) is 2.08. The van der Waals surface area contributed by atoms with Crippen molar-refractivity contribution in [3.63, 3.8) is 0 Å². The van der Waals surface area contributed by atoms with E-state index in [1.54, 1.807) is 4.68 Å². The Morgan fingerprint density at radius 1 is 1.16 bits per heavy atom. The van der Waals surface area contributed by atoms with Crippen LogP contribution < -0.4 is 0 Å². The van der Waals surface area contributed by atoms with Gasteiger partial charge >= 0.3 is 5.97 Å². The molecule has 4 heteroatoms. The van der Waals surface area contributed by atoms with E-state index in [1.165, 1.54) is 23.2 Å². The maximum Gasteiger partial charge on any atom is 0.338 e. The van der Waals surface area contributed by atoms with Gasteiger partial charge in [-0.2, -0.15) is 5.10 Å². The molecule has 0 amide bonds. The van der Waals surface area contributed by atoms with Crippen LogP contribution >= 0.6 is 0 Å². The Bertz CT molecular complexity index is 746. The summed E-state index contributed by atoms with van der Waals surface area (Å²) >= 11 is 0. The third-order valence-corrected chi connectivity index (χ3v) is 3.04. The van der Waals surface area contributed by atoms with E-state index in [1.807, 2.05) is 18.2 Å². The third kappa shape index (κ3) is 2.33. The van der Waals surface area contributed by atoms with Crippen molar-refractivity contribution in [2.45, 2.75) is 6.54 Å². The lowest BCUT2D eigenvalue weighted by molar-refractivity contribution is 0.0697. The first-order valence-corrected chi connectivity index (χ1v) is 5.96. The Labute approximate surface area is 109 Å². The summed E-state index contributed by atoms with van der Waals surface area (Å²) in [5.74, 6) is -0.954. The molecule has 0 atom stereocenters. The van der Waals surface area contributed by atoms with Crippen LogP contribution in [0.1, 0.15) is 15.9 Å². The molecule has 94 valence electrons. The van der Waals surface area contributed by atoms with Gasteiger partial charge in [0.15, 0.2) is 0 Å². The summed E-state index contributed by atoms with van der Waals surface area (Å²) in [4.78, 5) is 10.8. The summed E-state index contributed by atoms with van der Waals surface area (Å²) in [6.07, 6.45) is 2.90. The molecule has 4 nitrogen and oxygen atoms in total. The minimum atomic E-state index is -0.954. The molecule has 0 spiro atoms. The molecule has 0 saturated heterocycles. The lowest BCUT2D eigenvalue weighted by Crippen LogP contribution is -2.00. The average molecular weight is 252 g/mol. The van der Waals surface area contributed by atoms with Crippen molar-refractivity contribution in [3.8, 4) is 0 Å². The highest BCUT2D eigenvalue weighted by atomic mass is 16.4. The summed E-state index contributed by atoms with van der Waals surface area (Å²) < 4.78 is 1.63. The van der Waals surface area contributed by atoms with E-state index < -0.39 is 5.97 Å². The zero-order valence-electron chi connectivity index (χ0n) is 10.2. The highest BCUT2D eigenvalue weighted by molar-refractivity contribution is 5.86. The summed E-state index contributed by atoms with van der Waals surface area (Å²) in [6.45, 7) is 0.568. The molecule has 0 bridgehead atoms. The number of carboxylic acids is 1. The van der Waals surface area contributed by atoms with Gasteiger partial charge in [-0.05, 0) is 22.4 Å².